The van der Waals surface area contributed by atoms with Crippen molar-refractivity contribution in [2.75, 3.05) is 40.7 Å². The lowest BCUT2D eigenvalue weighted by Crippen LogP contribution is -2.55. The predicted molar refractivity (Wildman–Crippen MR) is 241 cm³/mol. The van der Waals surface area contributed by atoms with Gasteiger partial charge in [0.1, 0.15) is 29.3 Å². The normalized spacial score (nSPS) is 20.1. The molecule has 2 aliphatic carbocycles. The summed E-state index contributed by atoms with van der Waals surface area (Å²) < 4.78 is 30.0. The molecule has 332 valence electrons. The number of piperidine rings is 1. The van der Waals surface area contributed by atoms with E-state index in [0.29, 0.717) is 89.5 Å². The minimum Gasteiger partial charge on any atom is -0.493 e. The fraction of sp³-hybridized carbons (Fsp3) is 0.417. The Hall–Kier alpha value is -6.16. The van der Waals surface area contributed by atoms with Gasteiger partial charge < -0.3 is 38.9 Å². The molecule has 0 bridgehead atoms. The number of nitrogens with one attached hydrogen (secondary N) is 2. The quantitative estimate of drug-likeness (QED) is 0.122. The van der Waals surface area contributed by atoms with Gasteiger partial charge >= 0.3 is 0 Å². The summed E-state index contributed by atoms with van der Waals surface area (Å²) in [6, 6.07) is 16.2. The number of aromatic amines is 1. The molecule has 2 N–H and O–H groups in total. The van der Waals surface area contributed by atoms with Crippen LogP contribution in [-0.4, -0.2) is 101 Å². The van der Waals surface area contributed by atoms with Crippen molar-refractivity contribution in [1.82, 2.24) is 30.2 Å². The van der Waals surface area contributed by atoms with Crippen molar-refractivity contribution in [2.45, 2.75) is 69.9 Å². The Morgan fingerprint density at radius 1 is 0.906 bits per heavy atom. The Labute approximate surface area is 379 Å². The topological polar surface area (TPSA) is 170 Å². The Balaban J connectivity index is 0.894. The monoisotopic (exact) mass is 931 g/mol. The molecule has 5 aliphatic rings. The van der Waals surface area contributed by atoms with Crippen LogP contribution < -0.4 is 29.0 Å². The SMILES string of the molecule is COc1ccc(C2=NN(C3CCN(C(=O)[C@@H](Cc4ccc(Br)cc4)NC(=O)c4c[nH]c5c(-c6c(OCC7CC7)ccc7c6OCO7)ncnc45)CC3)C(=O)[C@@H]3CCCC[C@H]23)cc1OC. The summed E-state index contributed by atoms with van der Waals surface area (Å²) >= 11 is 3.51. The molecular formula is C48H50BrN7O8. The first-order chi connectivity index (χ1) is 31.3. The smallest absolute Gasteiger partial charge is 0.255 e. The zero-order valence-electron chi connectivity index (χ0n) is 35.8. The number of halogens is 1. The molecule has 15 nitrogen and oxygen atoms in total. The van der Waals surface area contributed by atoms with Crippen LogP contribution in [0.3, 0.4) is 0 Å². The van der Waals surface area contributed by atoms with Gasteiger partial charge in [-0.3, -0.25) is 14.4 Å². The zero-order chi connectivity index (χ0) is 43.9. The van der Waals surface area contributed by atoms with E-state index in [9.17, 15) is 14.4 Å². The average molecular weight is 933 g/mol. The number of methoxy groups -OCH3 is 2. The Kier molecular flexibility index (Phi) is 11.6. The number of benzene rings is 3. The van der Waals surface area contributed by atoms with Crippen LogP contribution in [0.25, 0.3) is 22.3 Å². The summed E-state index contributed by atoms with van der Waals surface area (Å²) in [5.41, 5.74) is 5.01. The van der Waals surface area contributed by atoms with Crippen LogP contribution in [0, 0.1) is 17.8 Å². The third kappa shape index (κ3) is 8.12. The maximum Gasteiger partial charge on any atom is 0.255 e. The minimum absolute atomic E-state index is 0.0292. The number of likely N-dealkylation sites (tertiary alicyclic amines) is 1. The number of carbonyl (C=O) groups excluding carboxylic acids is 3. The summed E-state index contributed by atoms with van der Waals surface area (Å²) in [4.78, 5) is 57.4. The van der Waals surface area contributed by atoms with Gasteiger partial charge in [0.15, 0.2) is 23.0 Å². The van der Waals surface area contributed by atoms with Crippen molar-refractivity contribution < 1.29 is 38.1 Å². The standard InChI is InChI=1S/C48H50BrN7O8/c1-60-36-14-11-29(22-39(36)61-2)41-32-5-3-4-6-33(32)47(58)56(54-41)31-17-19-55(20-18-31)48(59)35(21-27-9-12-30(49)13-10-27)53-46(57)34-23-50-44-42(34)51-25-52-43(44)40-37(62-24-28-7-8-28)15-16-38-45(40)64-26-63-38/h9-16,22-23,25,28,31-33,35,50H,3-8,17-21,24,26H2,1-2H3,(H,53,57)/t32-,33+,35+/m0/s1. The van der Waals surface area contributed by atoms with Crippen molar-refractivity contribution in [3.63, 3.8) is 0 Å². The maximum atomic E-state index is 14.6. The molecule has 3 fully saturated rings. The number of ether oxygens (including phenoxy) is 5. The zero-order valence-corrected chi connectivity index (χ0v) is 37.4. The Morgan fingerprint density at radius 3 is 2.44 bits per heavy atom. The molecule has 3 aromatic carbocycles. The van der Waals surface area contributed by atoms with Crippen molar-refractivity contribution in [2.24, 2.45) is 22.9 Å². The van der Waals surface area contributed by atoms with Gasteiger partial charge in [-0.15, -0.1) is 0 Å². The predicted octanol–water partition coefficient (Wildman–Crippen LogP) is 7.31. The van der Waals surface area contributed by atoms with E-state index >= 15 is 0 Å². The minimum atomic E-state index is -0.892. The second kappa shape index (κ2) is 17.8. The lowest BCUT2D eigenvalue weighted by Gasteiger charge is -2.43. The number of aromatic nitrogens is 3. The van der Waals surface area contributed by atoms with Crippen LogP contribution in [0.4, 0.5) is 0 Å². The maximum absolute atomic E-state index is 14.6. The van der Waals surface area contributed by atoms with E-state index in [2.05, 4.69) is 36.2 Å². The number of carbonyl (C=O) groups is 3. The van der Waals surface area contributed by atoms with Crippen LogP contribution in [0.5, 0.6) is 28.7 Å². The Bertz CT molecular complexity index is 2620. The first-order valence-electron chi connectivity index (χ1n) is 22.1. The highest BCUT2D eigenvalue weighted by atomic mass is 79.9. The highest BCUT2D eigenvalue weighted by molar-refractivity contribution is 9.10. The second-order valence-corrected chi connectivity index (χ2v) is 18.1. The second-order valence-electron chi connectivity index (χ2n) is 17.2. The van der Waals surface area contributed by atoms with Gasteiger partial charge in [0.05, 0.1) is 49.2 Å². The van der Waals surface area contributed by atoms with E-state index in [1.165, 1.54) is 6.33 Å². The number of amides is 3. The molecule has 1 saturated heterocycles. The molecule has 3 atom stereocenters. The molecule has 16 heteroatoms. The van der Waals surface area contributed by atoms with Gasteiger partial charge in [0.25, 0.3) is 5.91 Å². The van der Waals surface area contributed by atoms with Gasteiger partial charge in [-0.05, 0) is 92.5 Å². The van der Waals surface area contributed by atoms with E-state index in [4.69, 9.17) is 28.8 Å². The first-order valence-corrected chi connectivity index (χ1v) is 22.9. The molecule has 3 amide bonds. The van der Waals surface area contributed by atoms with Crippen LogP contribution >= 0.6 is 15.9 Å². The van der Waals surface area contributed by atoms with E-state index < -0.39 is 11.9 Å². The van der Waals surface area contributed by atoms with E-state index in [0.717, 1.165) is 59.8 Å². The van der Waals surface area contributed by atoms with Crippen LogP contribution in [-0.2, 0) is 16.0 Å². The largest absolute Gasteiger partial charge is 0.493 e. The van der Waals surface area contributed by atoms with Gasteiger partial charge in [0, 0.05) is 47.6 Å². The molecule has 0 unspecified atom stereocenters. The van der Waals surface area contributed by atoms with E-state index in [-0.39, 0.29) is 48.5 Å². The van der Waals surface area contributed by atoms with E-state index in [1.54, 1.807) is 30.3 Å². The molecular weight excluding hydrogens is 882 g/mol. The van der Waals surface area contributed by atoms with Gasteiger partial charge in [-0.1, -0.05) is 40.9 Å². The first kappa shape index (κ1) is 41.8. The fourth-order valence-corrected chi connectivity index (χ4v) is 9.89. The van der Waals surface area contributed by atoms with Gasteiger partial charge in [0.2, 0.25) is 18.6 Å². The molecule has 0 spiro atoms. The lowest BCUT2D eigenvalue weighted by molar-refractivity contribution is -0.143. The molecule has 0 radical (unpaired) electrons. The van der Waals surface area contributed by atoms with Crippen LogP contribution in [0.1, 0.15) is 72.9 Å². The number of hydrogen-bond donors (Lipinski definition) is 2. The average Bonchev–Trinajstić information content (AvgIpc) is 3.85. The molecule has 64 heavy (non-hydrogen) atoms. The highest BCUT2D eigenvalue weighted by Crippen LogP contribution is 2.48. The van der Waals surface area contributed by atoms with Gasteiger partial charge in [-0.25, -0.2) is 15.0 Å². The van der Waals surface area contributed by atoms with Crippen molar-refractivity contribution in [1.29, 1.82) is 0 Å². The summed E-state index contributed by atoms with van der Waals surface area (Å²) in [6.07, 6.45) is 10.4. The summed E-state index contributed by atoms with van der Waals surface area (Å²) in [6.45, 7) is 1.45. The molecule has 5 aromatic rings. The molecule has 5 heterocycles. The van der Waals surface area contributed by atoms with Crippen LogP contribution in [0.2, 0.25) is 0 Å². The third-order valence-electron chi connectivity index (χ3n) is 13.3. The Morgan fingerprint density at radius 2 is 1.67 bits per heavy atom. The van der Waals surface area contributed by atoms with Crippen molar-refractivity contribution in [3.8, 4) is 40.0 Å². The van der Waals surface area contributed by atoms with Gasteiger partial charge in [-0.2, -0.15) is 5.10 Å². The summed E-state index contributed by atoms with van der Waals surface area (Å²) in [5.74, 6) is 2.75. The molecule has 2 aromatic heterocycles. The number of fused-ring (bicyclic) bond motifs is 3. The number of hydrogen-bond acceptors (Lipinski definition) is 11. The van der Waals surface area contributed by atoms with E-state index in [1.807, 2.05) is 54.6 Å². The summed E-state index contributed by atoms with van der Waals surface area (Å²) in [7, 11) is 3.23. The number of rotatable bonds is 13. The summed E-state index contributed by atoms with van der Waals surface area (Å²) in [5, 5.41) is 9.89. The molecule has 10 rings (SSSR count). The fourth-order valence-electron chi connectivity index (χ4n) is 9.63. The van der Waals surface area contributed by atoms with Crippen molar-refractivity contribution >= 4 is 50.4 Å². The number of nitrogens with zero attached hydrogens (tertiary/aromatic N) is 5. The highest BCUT2D eigenvalue weighted by Gasteiger charge is 2.44. The molecule has 3 aliphatic heterocycles. The number of H-pyrrole nitrogens is 1. The third-order valence-corrected chi connectivity index (χ3v) is 13.8. The van der Waals surface area contributed by atoms with Crippen molar-refractivity contribution in [3.05, 3.63) is 88.3 Å². The van der Waals surface area contributed by atoms with Crippen LogP contribution in [0.15, 0.2) is 76.7 Å². The lowest BCUT2D eigenvalue weighted by atomic mass is 9.73. The number of hydrazone groups is 1. The molecule has 2 saturated carbocycles.